The number of hydrogen-bond donors (Lipinski definition) is 1. The van der Waals surface area contributed by atoms with Crippen molar-refractivity contribution in [3.8, 4) is 0 Å². The van der Waals surface area contributed by atoms with Crippen LogP contribution in [0.2, 0.25) is 0 Å². The molecule has 1 aromatic heterocycles. The van der Waals surface area contributed by atoms with E-state index in [1.807, 2.05) is 18.3 Å². The molecule has 1 heterocycles. The van der Waals surface area contributed by atoms with Crippen LogP contribution in [0.1, 0.15) is 17.2 Å². The minimum absolute atomic E-state index is 0.00333. The number of aromatic nitrogens is 1. The quantitative estimate of drug-likeness (QED) is 0.795. The van der Waals surface area contributed by atoms with Crippen molar-refractivity contribution >= 4 is 38.5 Å². The van der Waals surface area contributed by atoms with Crippen LogP contribution < -0.4 is 5.73 Å². The molecule has 1 atom stereocenters. The number of pyridine rings is 1. The van der Waals surface area contributed by atoms with Crippen LogP contribution in [-0.4, -0.2) is 4.98 Å². The maximum Gasteiger partial charge on any atom is 0.0347 e. The van der Waals surface area contributed by atoms with E-state index in [0.717, 1.165) is 16.5 Å². The van der Waals surface area contributed by atoms with Crippen molar-refractivity contribution in [2.24, 2.45) is 5.73 Å². The highest BCUT2D eigenvalue weighted by Crippen LogP contribution is 2.24. The summed E-state index contributed by atoms with van der Waals surface area (Å²) in [6.45, 7) is 0. The summed E-state index contributed by atoms with van der Waals surface area (Å²) < 4.78 is 2.26. The highest BCUT2D eigenvalue weighted by Gasteiger charge is 2.11. The number of halogens is 2. The van der Waals surface area contributed by atoms with Gasteiger partial charge in [0.2, 0.25) is 0 Å². The van der Waals surface area contributed by atoms with Crippen molar-refractivity contribution in [1.29, 1.82) is 0 Å². The van der Waals surface area contributed by atoms with Crippen LogP contribution in [0, 0.1) is 3.57 Å². The lowest BCUT2D eigenvalue weighted by molar-refractivity contribution is 0.715. The van der Waals surface area contributed by atoms with Crippen LogP contribution in [0.3, 0.4) is 0 Å². The zero-order valence-electron chi connectivity index (χ0n) is 9.11. The molecule has 0 fully saturated rings. The van der Waals surface area contributed by atoms with Crippen LogP contribution in [0.4, 0.5) is 0 Å². The average Bonchev–Trinajstić information content (AvgIpc) is 2.33. The maximum atomic E-state index is 6.24. The Morgan fingerprint density at radius 1 is 1.35 bits per heavy atom. The summed E-state index contributed by atoms with van der Waals surface area (Å²) in [6.07, 6.45) is 4.45. The Balaban J connectivity index is 2.20. The fourth-order valence-corrected chi connectivity index (χ4v) is 2.80. The molecule has 0 saturated heterocycles. The van der Waals surface area contributed by atoms with E-state index in [9.17, 15) is 0 Å². The number of nitrogens with two attached hydrogens (primary N) is 1. The van der Waals surface area contributed by atoms with E-state index in [1.54, 1.807) is 6.20 Å². The summed E-state index contributed by atoms with van der Waals surface area (Å²) in [5.41, 5.74) is 8.58. The molecule has 2 aromatic rings. The molecule has 88 valence electrons. The summed E-state index contributed by atoms with van der Waals surface area (Å²) in [7, 11) is 0. The van der Waals surface area contributed by atoms with Gasteiger partial charge in [-0.25, -0.2) is 0 Å². The van der Waals surface area contributed by atoms with Gasteiger partial charge in [-0.3, -0.25) is 4.98 Å². The van der Waals surface area contributed by atoms with Crippen LogP contribution in [0.5, 0.6) is 0 Å². The molecule has 4 heteroatoms. The van der Waals surface area contributed by atoms with Gasteiger partial charge in [-0.05, 0) is 64.4 Å². The first-order valence-electron chi connectivity index (χ1n) is 5.26. The molecular formula is C13H12BrIN2. The van der Waals surface area contributed by atoms with Gasteiger partial charge in [0.05, 0.1) is 0 Å². The second kappa shape index (κ2) is 5.93. The van der Waals surface area contributed by atoms with E-state index >= 15 is 0 Å². The zero-order valence-corrected chi connectivity index (χ0v) is 12.8. The molecule has 2 nitrogen and oxygen atoms in total. The van der Waals surface area contributed by atoms with E-state index < -0.39 is 0 Å². The summed E-state index contributed by atoms with van der Waals surface area (Å²) >= 11 is 5.80. The van der Waals surface area contributed by atoms with Gasteiger partial charge >= 0.3 is 0 Å². The molecule has 0 spiro atoms. The molecule has 1 aromatic carbocycles. The molecule has 0 saturated carbocycles. The molecule has 0 aliphatic heterocycles. The average molecular weight is 403 g/mol. The fraction of sp³-hybridized carbons (Fsp3) is 0.154. The lowest BCUT2D eigenvalue weighted by atomic mass is 10.0. The molecule has 2 rings (SSSR count). The summed E-state index contributed by atoms with van der Waals surface area (Å²) in [6, 6.07) is 10.2. The third kappa shape index (κ3) is 3.50. The SMILES string of the molecule is NC(Cc1cccnc1)c1cc(Br)ccc1I. The van der Waals surface area contributed by atoms with Gasteiger partial charge in [0.15, 0.2) is 0 Å². The minimum Gasteiger partial charge on any atom is -0.324 e. The predicted octanol–water partition coefficient (Wildman–Crippen LogP) is 3.69. The van der Waals surface area contributed by atoms with Gasteiger partial charge in [0, 0.05) is 26.5 Å². The van der Waals surface area contributed by atoms with Gasteiger partial charge in [-0.2, -0.15) is 0 Å². The zero-order chi connectivity index (χ0) is 12.3. The van der Waals surface area contributed by atoms with Crippen LogP contribution in [0.15, 0.2) is 47.2 Å². The van der Waals surface area contributed by atoms with Gasteiger partial charge < -0.3 is 5.73 Å². The van der Waals surface area contributed by atoms with Gasteiger partial charge in [0.25, 0.3) is 0 Å². The summed E-state index contributed by atoms with van der Waals surface area (Å²) in [4.78, 5) is 4.10. The Bertz CT molecular complexity index is 502. The largest absolute Gasteiger partial charge is 0.324 e. The maximum absolute atomic E-state index is 6.24. The first-order chi connectivity index (χ1) is 8.16. The Labute approximate surface area is 123 Å². The van der Waals surface area contributed by atoms with Crippen LogP contribution in [-0.2, 0) is 6.42 Å². The van der Waals surface area contributed by atoms with Crippen molar-refractivity contribution in [1.82, 2.24) is 4.98 Å². The number of benzene rings is 1. The minimum atomic E-state index is 0.00333. The predicted molar refractivity (Wildman–Crippen MR) is 81.7 cm³/mol. The first kappa shape index (κ1) is 13.0. The Morgan fingerprint density at radius 3 is 2.88 bits per heavy atom. The van der Waals surface area contributed by atoms with Crippen LogP contribution in [0.25, 0.3) is 0 Å². The van der Waals surface area contributed by atoms with Gasteiger partial charge in [-0.15, -0.1) is 0 Å². The van der Waals surface area contributed by atoms with E-state index in [4.69, 9.17) is 5.73 Å². The summed E-state index contributed by atoms with van der Waals surface area (Å²) in [5, 5.41) is 0. The number of nitrogens with zero attached hydrogens (tertiary/aromatic N) is 1. The molecule has 0 radical (unpaired) electrons. The van der Waals surface area contributed by atoms with Gasteiger partial charge in [-0.1, -0.05) is 22.0 Å². The molecular weight excluding hydrogens is 391 g/mol. The highest BCUT2D eigenvalue weighted by atomic mass is 127. The van der Waals surface area contributed by atoms with Crippen LogP contribution >= 0.6 is 38.5 Å². The van der Waals surface area contributed by atoms with Crippen molar-refractivity contribution in [2.45, 2.75) is 12.5 Å². The normalized spacial score (nSPS) is 12.4. The van der Waals surface area contributed by atoms with Gasteiger partial charge in [0.1, 0.15) is 0 Å². The fourth-order valence-electron chi connectivity index (χ4n) is 1.68. The molecule has 0 aliphatic rings. The van der Waals surface area contributed by atoms with E-state index in [-0.39, 0.29) is 6.04 Å². The Morgan fingerprint density at radius 2 is 2.18 bits per heavy atom. The standard InChI is InChI=1S/C13H12BrIN2/c14-10-3-4-12(15)11(7-10)13(16)6-9-2-1-5-17-8-9/h1-5,7-8,13H,6,16H2. The van der Waals surface area contributed by atoms with Crippen molar-refractivity contribution in [3.63, 3.8) is 0 Å². The first-order valence-corrected chi connectivity index (χ1v) is 7.13. The lowest BCUT2D eigenvalue weighted by Crippen LogP contribution is -2.14. The second-order valence-electron chi connectivity index (χ2n) is 3.84. The molecule has 0 amide bonds. The molecule has 0 bridgehead atoms. The Hall–Kier alpha value is -0.460. The topological polar surface area (TPSA) is 38.9 Å². The lowest BCUT2D eigenvalue weighted by Gasteiger charge is -2.14. The van der Waals surface area contributed by atoms with Crippen molar-refractivity contribution in [2.75, 3.05) is 0 Å². The monoisotopic (exact) mass is 402 g/mol. The van der Waals surface area contributed by atoms with E-state index in [1.165, 1.54) is 9.13 Å². The molecule has 17 heavy (non-hydrogen) atoms. The highest BCUT2D eigenvalue weighted by molar-refractivity contribution is 14.1. The summed E-state index contributed by atoms with van der Waals surface area (Å²) in [5.74, 6) is 0. The van der Waals surface area contributed by atoms with E-state index in [2.05, 4.69) is 61.7 Å². The smallest absolute Gasteiger partial charge is 0.0347 e. The molecule has 0 aliphatic carbocycles. The van der Waals surface area contributed by atoms with Crippen molar-refractivity contribution < 1.29 is 0 Å². The third-order valence-corrected chi connectivity index (χ3v) is 4.01. The number of hydrogen-bond acceptors (Lipinski definition) is 2. The second-order valence-corrected chi connectivity index (χ2v) is 5.92. The number of rotatable bonds is 3. The molecule has 1 unspecified atom stereocenters. The Kier molecular flexibility index (Phi) is 4.53. The molecule has 2 N–H and O–H groups in total. The van der Waals surface area contributed by atoms with E-state index in [0.29, 0.717) is 0 Å². The van der Waals surface area contributed by atoms with Crippen molar-refractivity contribution in [3.05, 3.63) is 61.9 Å². The third-order valence-electron chi connectivity index (χ3n) is 2.54.